The van der Waals surface area contributed by atoms with Gasteiger partial charge in [-0.2, -0.15) is 0 Å². The summed E-state index contributed by atoms with van der Waals surface area (Å²) in [5, 5.41) is 3.34. The fourth-order valence-electron chi connectivity index (χ4n) is 1.97. The lowest BCUT2D eigenvalue weighted by atomic mass is 9.99. The Kier molecular flexibility index (Phi) is 4.54. The standard InChI is InChI=1S/C14H14Br2N2/c1-9-5-10(8-18-7-9)14(17-2)12-6-11(15)3-4-13(12)16/h3-8,14,17H,1-2H3. The molecule has 0 radical (unpaired) electrons. The molecule has 0 aliphatic rings. The van der Waals surface area contributed by atoms with Crippen LogP contribution in [0.25, 0.3) is 0 Å². The van der Waals surface area contributed by atoms with Crippen LogP contribution in [-0.2, 0) is 0 Å². The third-order valence-corrected chi connectivity index (χ3v) is 4.00. The zero-order valence-corrected chi connectivity index (χ0v) is 13.4. The summed E-state index contributed by atoms with van der Waals surface area (Å²) in [5.41, 5.74) is 3.52. The van der Waals surface area contributed by atoms with Crippen LogP contribution in [0.1, 0.15) is 22.7 Å². The van der Waals surface area contributed by atoms with Crippen LogP contribution in [0.2, 0.25) is 0 Å². The molecule has 1 atom stereocenters. The first-order chi connectivity index (χ1) is 8.61. The molecule has 0 spiro atoms. The minimum absolute atomic E-state index is 0.129. The molecule has 0 saturated carbocycles. The number of nitrogens with zero attached hydrogens (tertiary/aromatic N) is 1. The normalized spacial score (nSPS) is 12.4. The molecule has 0 amide bonds. The van der Waals surface area contributed by atoms with Crippen LogP contribution in [0.15, 0.2) is 45.6 Å². The van der Waals surface area contributed by atoms with Crippen molar-refractivity contribution in [1.82, 2.24) is 10.3 Å². The van der Waals surface area contributed by atoms with Crippen molar-refractivity contribution in [2.45, 2.75) is 13.0 Å². The first kappa shape index (κ1) is 13.7. The molecule has 0 aliphatic heterocycles. The molecule has 1 unspecified atom stereocenters. The number of aryl methyl sites for hydroxylation is 1. The van der Waals surface area contributed by atoms with Gasteiger partial charge in [-0.25, -0.2) is 0 Å². The average molecular weight is 370 g/mol. The van der Waals surface area contributed by atoms with E-state index in [-0.39, 0.29) is 6.04 Å². The number of hydrogen-bond acceptors (Lipinski definition) is 2. The summed E-state index contributed by atoms with van der Waals surface area (Å²) in [6, 6.07) is 8.47. The molecule has 1 aromatic carbocycles. The summed E-state index contributed by atoms with van der Waals surface area (Å²) in [6.45, 7) is 2.05. The van der Waals surface area contributed by atoms with E-state index in [4.69, 9.17) is 0 Å². The highest BCUT2D eigenvalue weighted by Gasteiger charge is 2.15. The van der Waals surface area contributed by atoms with Crippen molar-refractivity contribution in [3.8, 4) is 0 Å². The molecule has 0 saturated heterocycles. The second kappa shape index (κ2) is 5.95. The van der Waals surface area contributed by atoms with E-state index in [9.17, 15) is 0 Å². The molecular formula is C14H14Br2N2. The van der Waals surface area contributed by atoms with Crippen molar-refractivity contribution >= 4 is 31.9 Å². The summed E-state index contributed by atoms with van der Waals surface area (Å²) in [5.74, 6) is 0. The molecule has 2 nitrogen and oxygen atoms in total. The van der Waals surface area contributed by atoms with Gasteiger partial charge < -0.3 is 5.32 Å². The van der Waals surface area contributed by atoms with Gasteiger partial charge in [0.1, 0.15) is 0 Å². The van der Waals surface area contributed by atoms with Crippen molar-refractivity contribution in [3.63, 3.8) is 0 Å². The minimum Gasteiger partial charge on any atom is -0.309 e. The largest absolute Gasteiger partial charge is 0.309 e. The lowest BCUT2D eigenvalue weighted by Gasteiger charge is -2.19. The molecule has 0 bridgehead atoms. The minimum atomic E-state index is 0.129. The quantitative estimate of drug-likeness (QED) is 0.875. The van der Waals surface area contributed by atoms with Crippen LogP contribution in [0.5, 0.6) is 0 Å². The van der Waals surface area contributed by atoms with E-state index in [1.54, 1.807) is 0 Å². The van der Waals surface area contributed by atoms with Crippen molar-refractivity contribution in [2.75, 3.05) is 7.05 Å². The Morgan fingerprint density at radius 3 is 2.61 bits per heavy atom. The van der Waals surface area contributed by atoms with Gasteiger partial charge in [0, 0.05) is 21.3 Å². The zero-order valence-electron chi connectivity index (χ0n) is 10.2. The fourth-order valence-corrected chi connectivity index (χ4v) is 2.83. The maximum Gasteiger partial charge on any atom is 0.0601 e. The Balaban J connectivity index is 2.48. The molecule has 4 heteroatoms. The van der Waals surface area contributed by atoms with Gasteiger partial charge in [-0.15, -0.1) is 0 Å². The summed E-state index contributed by atoms with van der Waals surface area (Å²) < 4.78 is 2.16. The first-order valence-corrected chi connectivity index (χ1v) is 7.24. The third-order valence-electron chi connectivity index (χ3n) is 2.79. The summed E-state index contributed by atoms with van der Waals surface area (Å²) >= 11 is 7.12. The number of aromatic nitrogens is 1. The molecular weight excluding hydrogens is 356 g/mol. The number of halogens is 2. The van der Waals surface area contributed by atoms with Gasteiger partial charge in [-0.1, -0.05) is 37.9 Å². The van der Waals surface area contributed by atoms with E-state index in [1.165, 1.54) is 11.1 Å². The molecule has 94 valence electrons. The Morgan fingerprint density at radius 1 is 1.17 bits per heavy atom. The van der Waals surface area contributed by atoms with Crippen molar-refractivity contribution in [3.05, 3.63) is 62.3 Å². The number of benzene rings is 1. The molecule has 2 aromatic rings. The first-order valence-electron chi connectivity index (χ1n) is 5.65. The zero-order chi connectivity index (χ0) is 13.1. The van der Waals surface area contributed by atoms with Crippen LogP contribution in [0.4, 0.5) is 0 Å². The second-order valence-electron chi connectivity index (χ2n) is 4.18. The van der Waals surface area contributed by atoms with Crippen molar-refractivity contribution < 1.29 is 0 Å². The maximum atomic E-state index is 4.26. The third kappa shape index (κ3) is 2.99. The predicted molar refractivity (Wildman–Crippen MR) is 81.7 cm³/mol. The molecule has 0 aliphatic carbocycles. The van der Waals surface area contributed by atoms with Crippen molar-refractivity contribution in [2.24, 2.45) is 0 Å². The van der Waals surface area contributed by atoms with E-state index in [1.807, 2.05) is 31.6 Å². The van der Waals surface area contributed by atoms with Gasteiger partial charge in [-0.05, 0) is 48.9 Å². The van der Waals surface area contributed by atoms with Crippen LogP contribution < -0.4 is 5.32 Å². The topological polar surface area (TPSA) is 24.9 Å². The van der Waals surface area contributed by atoms with E-state index in [0.29, 0.717) is 0 Å². The average Bonchev–Trinajstić information content (AvgIpc) is 2.35. The number of rotatable bonds is 3. The lowest BCUT2D eigenvalue weighted by molar-refractivity contribution is 0.685. The van der Waals surface area contributed by atoms with E-state index in [0.717, 1.165) is 14.5 Å². The Labute approximate surface area is 124 Å². The Bertz CT molecular complexity index is 555. The Hall–Kier alpha value is -0.710. The van der Waals surface area contributed by atoms with E-state index in [2.05, 4.69) is 61.2 Å². The van der Waals surface area contributed by atoms with Gasteiger partial charge in [-0.3, -0.25) is 4.98 Å². The highest BCUT2D eigenvalue weighted by molar-refractivity contribution is 9.11. The van der Waals surface area contributed by atoms with Crippen LogP contribution in [0, 0.1) is 6.92 Å². The molecule has 0 fully saturated rings. The van der Waals surface area contributed by atoms with Gasteiger partial charge in [0.25, 0.3) is 0 Å². The van der Waals surface area contributed by atoms with E-state index < -0.39 is 0 Å². The van der Waals surface area contributed by atoms with Crippen LogP contribution in [0.3, 0.4) is 0 Å². The van der Waals surface area contributed by atoms with Gasteiger partial charge in [0.2, 0.25) is 0 Å². The smallest absolute Gasteiger partial charge is 0.0601 e. The molecule has 18 heavy (non-hydrogen) atoms. The predicted octanol–water partition coefficient (Wildman–Crippen LogP) is 4.22. The highest BCUT2D eigenvalue weighted by atomic mass is 79.9. The van der Waals surface area contributed by atoms with E-state index >= 15 is 0 Å². The number of pyridine rings is 1. The number of hydrogen-bond donors (Lipinski definition) is 1. The maximum absolute atomic E-state index is 4.26. The summed E-state index contributed by atoms with van der Waals surface area (Å²) in [4.78, 5) is 4.26. The molecule has 1 heterocycles. The number of nitrogens with one attached hydrogen (secondary N) is 1. The van der Waals surface area contributed by atoms with Crippen molar-refractivity contribution in [1.29, 1.82) is 0 Å². The molecule has 1 aromatic heterocycles. The van der Waals surface area contributed by atoms with Gasteiger partial charge in [0.05, 0.1) is 6.04 Å². The molecule has 2 rings (SSSR count). The summed E-state index contributed by atoms with van der Waals surface area (Å²) in [6.07, 6.45) is 3.77. The summed E-state index contributed by atoms with van der Waals surface area (Å²) in [7, 11) is 1.96. The molecule has 1 N–H and O–H groups in total. The van der Waals surface area contributed by atoms with Crippen LogP contribution >= 0.6 is 31.9 Å². The Morgan fingerprint density at radius 2 is 1.94 bits per heavy atom. The van der Waals surface area contributed by atoms with Gasteiger partial charge >= 0.3 is 0 Å². The van der Waals surface area contributed by atoms with Crippen LogP contribution in [-0.4, -0.2) is 12.0 Å². The van der Waals surface area contributed by atoms with Gasteiger partial charge in [0.15, 0.2) is 0 Å². The SMILES string of the molecule is CNC(c1cncc(C)c1)c1cc(Br)ccc1Br. The lowest BCUT2D eigenvalue weighted by Crippen LogP contribution is -2.18. The highest BCUT2D eigenvalue weighted by Crippen LogP contribution is 2.30. The fraction of sp³-hybridized carbons (Fsp3) is 0.214. The second-order valence-corrected chi connectivity index (χ2v) is 5.95. The monoisotopic (exact) mass is 368 g/mol.